The van der Waals surface area contributed by atoms with E-state index in [0.717, 1.165) is 29.1 Å². The summed E-state index contributed by atoms with van der Waals surface area (Å²) in [7, 11) is 0. The molecule has 0 saturated carbocycles. The van der Waals surface area contributed by atoms with E-state index in [1.165, 1.54) is 12.1 Å². The molecule has 2 aromatic rings. The van der Waals surface area contributed by atoms with Crippen LogP contribution in [0, 0.1) is 13.8 Å². The van der Waals surface area contributed by atoms with Crippen LogP contribution in [-0.4, -0.2) is 21.7 Å². The molecule has 0 unspecified atom stereocenters. The van der Waals surface area contributed by atoms with Crippen LogP contribution in [0.25, 0.3) is 11.4 Å². The van der Waals surface area contributed by atoms with Gasteiger partial charge in [-0.3, -0.25) is 0 Å². The molecule has 2 rings (SSSR count). The lowest BCUT2D eigenvalue weighted by Crippen LogP contribution is -2.06. The van der Waals surface area contributed by atoms with Crippen LogP contribution in [0.2, 0.25) is 0 Å². The Balaban J connectivity index is 2.39. The topological polar surface area (TPSA) is 46.0 Å². The van der Waals surface area contributed by atoms with Crippen molar-refractivity contribution in [3.8, 4) is 11.4 Å². The van der Waals surface area contributed by atoms with Gasteiger partial charge in [-0.05, 0) is 38.0 Å². The summed E-state index contributed by atoms with van der Waals surface area (Å²) in [6, 6.07) is 4.77. The van der Waals surface area contributed by atoms with Gasteiger partial charge in [0.15, 0.2) is 5.82 Å². The van der Waals surface area contributed by atoms with Crippen LogP contribution >= 0.6 is 0 Å². The Morgan fingerprint density at radius 1 is 1.00 bits per heavy atom. The van der Waals surface area contributed by atoms with Crippen LogP contribution in [0.5, 0.6) is 0 Å². The van der Waals surface area contributed by atoms with Crippen LogP contribution in [0.15, 0.2) is 24.3 Å². The molecule has 0 radical (unpaired) electrons. The highest BCUT2D eigenvalue weighted by Gasteiger charge is 2.30. The molecule has 0 aliphatic carbocycles. The lowest BCUT2D eigenvalue weighted by atomic mass is 10.1. The van der Waals surface area contributed by atoms with Gasteiger partial charge in [-0.25, -0.2) is 9.97 Å². The second-order valence-corrected chi connectivity index (χ2v) is 4.75. The molecule has 1 aromatic carbocycles. The SMILES string of the molecule is Cc1nc(-c2ccc(C(F)(F)F)cc2)nc(C)c1CCO. The summed E-state index contributed by atoms with van der Waals surface area (Å²) < 4.78 is 37.6. The lowest BCUT2D eigenvalue weighted by molar-refractivity contribution is -0.137. The number of nitrogens with zero attached hydrogens (tertiary/aromatic N) is 2. The monoisotopic (exact) mass is 296 g/mol. The van der Waals surface area contributed by atoms with Gasteiger partial charge in [-0.15, -0.1) is 0 Å². The summed E-state index contributed by atoms with van der Waals surface area (Å²) >= 11 is 0. The summed E-state index contributed by atoms with van der Waals surface area (Å²) in [5.74, 6) is 0.389. The first kappa shape index (κ1) is 15.4. The van der Waals surface area contributed by atoms with Gasteiger partial charge in [0.05, 0.1) is 5.56 Å². The maximum absolute atomic E-state index is 12.5. The fourth-order valence-electron chi connectivity index (χ4n) is 2.15. The lowest BCUT2D eigenvalue weighted by Gasteiger charge is -2.11. The average Bonchev–Trinajstić information content (AvgIpc) is 2.42. The second kappa shape index (κ2) is 5.81. The van der Waals surface area contributed by atoms with Crippen molar-refractivity contribution in [2.45, 2.75) is 26.4 Å². The highest BCUT2D eigenvalue weighted by atomic mass is 19.4. The van der Waals surface area contributed by atoms with Gasteiger partial charge in [0.2, 0.25) is 0 Å². The van der Waals surface area contributed by atoms with Crippen molar-refractivity contribution in [2.75, 3.05) is 6.61 Å². The number of aliphatic hydroxyl groups excluding tert-OH is 1. The van der Waals surface area contributed by atoms with Crippen molar-refractivity contribution in [3.63, 3.8) is 0 Å². The fourth-order valence-corrected chi connectivity index (χ4v) is 2.15. The van der Waals surface area contributed by atoms with Gasteiger partial charge in [0.1, 0.15) is 0 Å². The zero-order chi connectivity index (χ0) is 15.6. The second-order valence-electron chi connectivity index (χ2n) is 4.75. The third-order valence-corrected chi connectivity index (χ3v) is 3.25. The molecular formula is C15H15F3N2O. The molecule has 0 aliphatic heterocycles. The van der Waals surface area contributed by atoms with Crippen LogP contribution < -0.4 is 0 Å². The van der Waals surface area contributed by atoms with Crippen LogP contribution in [0.4, 0.5) is 13.2 Å². The van der Waals surface area contributed by atoms with Gasteiger partial charge < -0.3 is 5.11 Å². The highest BCUT2D eigenvalue weighted by Crippen LogP contribution is 2.30. The molecule has 0 fully saturated rings. The van der Waals surface area contributed by atoms with Crippen LogP contribution in [-0.2, 0) is 12.6 Å². The molecule has 0 saturated heterocycles. The molecule has 21 heavy (non-hydrogen) atoms. The van der Waals surface area contributed by atoms with E-state index in [-0.39, 0.29) is 6.61 Å². The summed E-state index contributed by atoms with van der Waals surface area (Å²) in [5, 5.41) is 9.00. The quantitative estimate of drug-likeness (QED) is 0.945. The largest absolute Gasteiger partial charge is 0.416 e. The van der Waals surface area contributed by atoms with Crippen LogP contribution in [0.1, 0.15) is 22.5 Å². The Morgan fingerprint density at radius 2 is 1.52 bits per heavy atom. The number of aliphatic hydroxyl groups is 1. The van der Waals surface area contributed by atoms with Crippen molar-refractivity contribution in [2.24, 2.45) is 0 Å². The molecule has 112 valence electrons. The van der Waals surface area contributed by atoms with Gasteiger partial charge in [-0.1, -0.05) is 12.1 Å². The van der Waals surface area contributed by atoms with E-state index in [9.17, 15) is 13.2 Å². The number of aromatic nitrogens is 2. The minimum atomic E-state index is -4.35. The molecule has 6 heteroatoms. The van der Waals surface area contributed by atoms with Gasteiger partial charge in [0, 0.05) is 23.6 Å². The van der Waals surface area contributed by atoms with Crippen molar-refractivity contribution >= 4 is 0 Å². The molecule has 0 spiro atoms. The molecule has 0 atom stereocenters. The Labute approximate surface area is 120 Å². The number of hydrogen-bond donors (Lipinski definition) is 1. The molecule has 0 amide bonds. The predicted molar refractivity (Wildman–Crippen MR) is 72.7 cm³/mol. The normalized spacial score (nSPS) is 11.7. The number of alkyl halides is 3. The minimum absolute atomic E-state index is 0.00463. The van der Waals surface area contributed by atoms with Crippen molar-refractivity contribution in [1.82, 2.24) is 9.97 Å². The first-order chi connectivity index (χ1) is 9.82. The number of hydrogen-bond acceptors (Lipinski definition) is 3. The summed E-state index contributed by atoms with van der Waals surface area (Å²) in [4.78, 5) is 8.62. The predicted octanol–water partition coefficient (Wildman–Crippen LogP) is 3.31. The maximum Gasteiger partial charge on any atom is 0.416 e. The summed E-state index contributed by atoms with van der Waals surface area (Å²) in [6.45, 7) is 3.60. The molecule has 0 aliphatic rings. The molecular weight excluding hydrogens is 281 g/mol. The van der Waals surface area contributed by atoms with Crippen molar-refractivity contribution < 1.29 is 18.3 Å². The molecule has 1 heterocycles. The van der Waals surface area contributed by atoms with E-state index in [4.69, 9.17) is 5.11 Å². The van der Waals surface area contributed by atoms with E-state index in [0.29, 0.717) is 17.8 Å². The van der Waals surface area contributed by atoms with E-state index >= 15 is 0 Å². The number of halogens is 3. The number of aryl methyl sites for hydroxylation is 2. The average molecular weight is 296 g/mol. The van der Waals surface area contributed by atoms with E-state index in [1.54, 1.807) is 13.8 Å². The maximum atomic E-state index is 12.5. The van der Waals surface area contributed by atoms with Crippen molar-refractivity contribution in [1.29, 1.82) is 0 Å². The van der Waals surface area contributed by atoms with Gasteiger partial charge >= 0.3 is 6.18 Å². The molecule has 1 aromatic heterocycles. The Bertz CT molecular complexity index is 613. The smallest absolute Gasteiger partial charge is 0.396 e. The Hall–Kier alpha value is -1.95. The first-order valence-electron chi connectivity index (χ1n) is 6.45. The third kappa shape index (κ3) is 3.39. The fraction of sp³-hybridized carbons (Fsp3) is 0.333. The zero-order valence-corrected chi connectivity index (χ0v) is 11.7. The first-order valence-corrected chi connectivity index (χ1v) is 6.45. The Kier molecular flexibility index (Phi) is 4.27. The summed E-state index contributed by atoms with van der Waals surface area (Å²) in [5.41, 5.74) is 2.16. The summed E-state index contributed by atoms with van der Waals surface area (Å²) in [6.07, 6.45) is -3.89. The molecule has 0 bridgehead atoms. The number of rotatable bonds is 3. The van der Waals surface area contributed by atoms with E-state index < -0.39 is 11.7 Å². The highest BCUT2D eigenvalue weighted by molar-refractivity contribution is 5.56. The van der Waals surface area contributed by atoms with Gasteiger partial charge in [0.25, 0.3) is 0 Å². The third-order valence-electron chi connectivity index (χ3n) is 3.25. The van der Waals surface area contributed by atoms with E-state index in [2.05, 4.69) is 9.97 Å². The minimum Gasteiger partial charge on any atom is -0.396 e. The van der Waals surface area contributed by atoms with Gasteiger partial charge in [-0.2, -0.15) is 13.2 Å². The molecule has 3 nitrogen and oxygen atoms in total. The standard InChI is InChI=1S/C15H15F3N2O/c1-9-13(7-8-21)10(2)20-14(19-9)11-3-5-12(6-4-11)15(16,17)18/h3-6,21H,7-8H2,1-2H3. The molecule has 1 N–H and O–H groups in total. The van der Waals surface area contributed by atoms with E-state index in [1.807, 2.05) is 0 Å². The Morgan fingerprint density at radius 3 is 1.95 bits per heavy atom. The van der Waals surface area contributed by atoms with Crippen LogP contribution in [0.3, 0.4) is 0 Å². The zero-order valence-electron chi connectivity index (χ0n) is 11.7. The van der Waals surface area contributed by atoms with Crippen molar-refractivity contribution in [3.05, 3.63) is 46.8 Å². The number of benzene rings is 1.